The topological polar surface area (TPSA) is 157 Å². The first kappa shape index (κ1) is 32.7. The first-order valence-corrected chi connectivity index (χ1v) is 16.0. The van der Waals surface area contributed by atoms with Crippen molar-refractivity contribution >= 4 is 50.4 Å². The Morgan fingerprint density at radius 3 is 2.50 bits per heavy atom. The number of rotatable bonds is 8. The first-order valence-electron chi connectivity index (χ1n) is 16.0. The van der Waals surface area contributed by atoms with Crippen LogP contribution in [0.4, 0.5) is 22.9 Å². The van der Waals surface area contributed by atoms with Gasteiger partial charge in [0.1, 0.15) is 11.8 Å². The number of fused-ring (bicyclic) bond motifs is 3. The van der Waals surface area contributed by atoms with Crippen LogP contribution in [0.15, 0.2) is 48.7 Å². The van der Waals surface area contributed by atoms with Gasteiger partial charge in [-0.05, 0) is 36.4 Å². The summed E-state index contributed by atoms with van der Waals surface area (Å²) in [5.41, 5.74) is 5.95. The number of pyridine rings is 1. The van der Waals surface area contributed by atoms with Crippen molar-refractivity contribution in [2.24, 2.45) is 5.92 Å². The van der Waals surface area contributed by atoms with E-state index in [0.717, 1.165) is 41.0 Å². The summed E-state index contributed by atoms with van der Waals surface area (Å²) in [4.78, 5) is 33.4. The van der Waals surface area contributed by atoms with Gasteiger partial charge in [0.25, 0.3) is 5.91 Å². The fourth-order valence-corrected chi connectivity index (χ4v) is 6.01. The molecule has 1 saturated carbocycles. The standard InChI is InChI=1S/C31H29B2N11O2.C2H6/c1-35-30(46)27-23(11-26(40-41-27)39-29(45)17-9-10-17)38-22-7-4-6-20-21-13-36-44(24(21)16-42(2)28(20)22)19-14-43(15-19)31(32,33)25-8-3-5-18(12-34)37-25;1-2/h3-8,11,13,17,19H,9-10,14-16H2,1-2H3,(H,35,46)(H2,38,39,40,45);1-2H3. The lowest BCUT2D eigenvalue weighted by atomic mass is 9.57. The summed E-state index contributed by atoms with van der Waals surface area (Å²) in [5.74, 6) is -0.233. The molecule has 3 aromatic heterocycles. The lowest BCUT2D eigenvalue weighted by Crippen LogP contribution is -2.60. The number of benzene rings is 1. The highest BCUT2D eigenvalue weighted by Gasteiger charge is 2.41. The maximum absolute atomic E-state index is 12.7. The molecule has 5 heterocycles. The van der Waals surface area contributed by atoms with E-state index in [2.05, 4.69) is 36.0 Å². The summed E-state index contributed by atoms with van der Waals surface area (Å²) < 4.78 is 2.03. The SMILES string of the molecule is CC.[B]C([B])(c1cccc(C#N)n1)N1CC(n2ncc3c2CN(C)c2c(Nc4cc(NC(=O)C5CC5)nnc4C(=O)NC)cccc2-3)C1. The van der Waals surface area contributed by atoms with Crippen LogP contribution < -0.4 is 20.9 Å². The van der Waals surface area contributed by atoms with Crippen LogP contribution in [-0.2, 0) is 16.7 Å². The number of aromatic nitrogens is 5. The third kappa shape index (κ3) is 5.99. The van der Waals surface area contributed by atoms with E-state index >= 15 is 0 Å². The van der Waals surface area contributed by atoms with Crippen molar-refractivity contribution < 1.29 is 9.59 Å². The molecule has 15 heteroatoms. The largest absolute Gasteiger partial charge is 0.366 e. The quantitative estimate of drug-likeness (QED) is 0.245. The summed E-state index contributed by atoms with van der Waals surface area (Å²) in [6, 6.07) is 14.7. The molecule has 0 unspecified atom stereocenters. The lowest BCUT2D eigenvalue weighted by Gasteiger charge is -2.50. The summed E-state index contributed by atoms with van der Waals surface area (Å²) in [5, 5.41) is 29.7. The maximum atomic E-state index is 12.7. The minimum Gasteiger partial charge on any atom is -0.366 e. The molecule has 1 aliphatic carbocycles. The Kier molecular flexibility index (Phi) is 8.94. The molecule has 3 aliphatic rings. The normalized spacial score (nSPS) is 15.5. The first-order chi connectivity index (χ1) is 23.2. The molecule has 4 aromatic rings. The van der Waals surface area contributed by atoms with Gasteiger partial charge in [-0.2, -0.15) is 10.4 Å². The number of carbonyl (C=O) groups excluding carboxylic acids is 2. The lowest BCUT2D eigenvalue weighted by molar-refractivity contribution is -0.117. The summed E-state index contributed by atoms with van der Waals surface area (Å²) >= 11 is 0. The Balaban J connectivity index is 0.00000197. The van der Waals surface area contributed by atoms with Crippen LogP contribution >= 0.6 is 0 Å². The van der Waals surface area contributed by atoms with Crippen LogP contribution in [0.1, 0.15) is 60.3 Å². The second-order valence-electron chi connectivity index (χ2n) is 11.9. The number of nitrogens with one attached hydrogen (secondary N) is 3. The number of likely N-dealkylation sites (tertiary alicyclic amines) is 1. The molecule has 4 radical (unpaired) electrons. The van der Waals surface area contributed by atoms with E-state index in [1.165, 1.54) is 7.05 Å². The van der Waals surface area contributed by atoms with Crippen LogP contribution in [0.25, 0.3) is 11.1 Å². The van der Waals surface area contributed by atoms with Crippen LogP contribution in [0.5, 0.6) is 0 Å². The van der Waals surface area contributed by atoms with Gasteiger partial charge in [0, 0.05) is 56.0 Å². The zero-order valence-corrected chi connectivity index (χ0v) is 27.4. The highest BCUT2D eigenvalue weighted by molar-refractivity contribution is 6.39. The molecule has 2 amide bonds. The minimum atomic E-state index is -1.32. The van der Waals surface area contributed by atoms with E-state index in [9.17, 15) is 14.9 Å². The van der Waals surface area contributed by atoms with Gasteiger partial charge in [0.2, 0.25) is 5.91 Å². The molecule has 1 saturated heterocycles. The van der Waals surface area contributed by atoms with Crippen LogP contribution in [0.3, 0.4) is 0 Å². The van der Waals surface area contributed by atoms with Gasteiger partial charge in [-0.1, -0.05) is 32.0 Å². The maximum Gasteiger partial charge on any atom is 0.273 e. The zero-order valence-electron chi connectivity index (χ0n) is 27.4. The second-order valence-corrected chi connectivity index (χ2v) is 11.9. The zero-order chi connectivity index (χ0) is 34.2. The summed E-state index contributed by atoms with van der Waals surface area (Å²) in [6.45, 7) is 5.71. The molecule has 0 spiro atoms. The van der Waals surface area contributed by atoms with E-state index in [1.54, 1.807) is 24.3 Å². The number of hydrogen-bond donors (Lipinski definition) is 3. The molecular weight excluding hydrogens is 604 g/mol. The van der Waals surface area contributed by atoms with Gasteiger partial charge in [-0.15, -0.1) is 10.2 Å². The number of nitriles is 1. The summed E-state index contributed by atoms with van der Waals surface area (Å²) in [7, 11) is 16.5. The van der Waals surface area contributed by atoms with E-state index in [0.29, 0.717) is 31.0 Å². The molecule has 13 nitrogen and oxygen atoms in total. The van der Waals surface area contributed by atoms with Crippen LogP contribution in [-0.4, -0.2) is 84.6 Å². The molecule has 7 rings (SSSR count). The van der Waals surface area contributed by atoms with Gasteiger partial charge in [-0.3, -0.25) is 14.3 Å². The van der Waals surface area contributed by atoms with E-state index in [-0.39, 0.29) is 35.1 Å². The fourth-order valence-electron chi connectivity index (χ4n) is 6.01. The monoisotopic (exact) mass is 639 g/mol. The van der Waals surface area contributed by atoms with Crippen molar-refractivity contribution in [1.29, 1.82) is 5.26 Å². The highest BCUT2D eigenvalue weighted by atomic mass is 16.2. The van der Waals surface area contributed by atoms with Crippen LogP contribution in [0, 0.1) is 17.2 Å². The molecule has 0 atom stereocenters. The molecule has 240 valence electrons. The van der Waals surface area contributed by atoms with Gasteiger partial charge in [0.15, 0.2) is 11.5 Å². The average Bonchev–Trinajstić information content (AvgIpc) is 3.86. The van der Waals surface area contributed by atoms with Crippen molar-refractivity contribution in [3.63, 3.8) is 0 Å². The third-order valence-electron chi connectivity index (χ3n) is 8.70. The number of nitrogens with zero attached hydrogens (tertiary/aromatic N) is 8. The molecule has 3 N–H and O–H groups in total. The smallest absolute Gasteiger partial charge is 0.273 e. The van der Waals surface area contributed by atoms with Crippen molar-refractivity contribution in [3.8, 4) is 17.2 Å². The van der Waals surface area contributed by atoms with E-state index < -0.39 is 11.2 Å². The minimum absolute atomic E-state index is 0.00334. The molecular formula is C33H35B2N11O2. The number of hydrogen-bond acceptors (Lipinski definition) is 10. The molecule has 2 aliphatic heterocycles. The van der Waals surface area contributed by atoms with Crippen molar-refractivity contribution in [1.82, 2.24) is 35.2 Å². The van der Waals surface area contributed by atoms with Gasteiger partial charge < -0.3 is 25.8 Å². The molecule has 1 aromatic carbocycles. The van der Waals surface area contributed by atoms with Crippen molar-refractivity contribution in [2.45, 2.75) is 44.6 Å². The Morgan fingerprint density at radius 1 is 1.04 bits per heavy atom. The average molecular weight is 639 g/mol. The predicted molar refractivity (Wildman–Crippen MR) is 184 cm³/mol. The molecule has 0 bridgehead atoms. The summed E-state index contributed by atoms with van der Waals surface area (Å²) in [6.07, 6.45) is 3.59. The predicted octanol–water partition coefficient (Wildman–Crippen LogP) is 3.04. The van der Waals surface area contributed by atoms with E-state index in [4.69, 9.17) is 20.8 Å². The Hall–Kier alpha value is -5.22. The number of anilines is 4. The molecule has 2 fully saturated rings. The number of amides is 2. The Bertz CT molecular complexity index is 1910. The van der Waals surface area contributed by atoms with Crippen molar-refractivity contribution in [2.75, 3.05) is 42.7 Å². The third-order valence-corrected chi connectivity index (χ3v) is 8.70. The van der Waals surface area contributed by atoms with Gasteiger partial charge in [-0.25, -0.2) is 4.98 Å². The highest BCUT2D eigenvalue weighted by Crippen LogP contribution is 2.45. The fraction of sp³-hybridized carbons (Fsp3) is 0.364. The second kappa shape index (κ2) is 13.1. The van der Waals surface area contributed by atoms with Crippen LogP contribution in [0.2, 0.25) is 0 Å². The van der Waals surface area contributed by atoms with Gasteiger partial charge in [0.05, 0.1) is 57.2 Å². The molecule has 48 heavy (non-hydrogen) atoms. The van der Waals surface area contributed by atoms with Crippen molar-refractivity contribution in [3.05, 3.63) is 71.4 Å². The number of para-hydroxylation sites is 1. The Morgan fingerprint density at radius 2 is 1.79 bits per heavy atom. The van der Waals surface area contributed by atoms with Gasteiger partial charge >= 0.3 is 0 Å². The number of carbonyl (C=O) groups is 2. The van der Waals surface area contributed by atoms with E-state index in [1.807, 2.05) is 60.9 Å². The Labute approximate surface area is 281 Å².